The van der Waals surface area contributed by atoms with E-state index in [4.69, 9.17) is 5.26 Å². The number of sulfonamides is 1. The zero-order valence-corrected chi connectivity index (χ0v) is 13.1. The maximum absolute atomic E-state index is 13.1. The van der Waals surface area contributed by atoms with Gasteiger partial charge in [0.05, 0.1) is 16.5 Å². The standard InChI is InChI=1S/C17H15FN2O2S/c18-15-9-7-13(8-10-15)16-5-3-11-20(16)23(21,22)17-6-2-1-4-14(17)12-19/h1-2,4,6-10,16H,3,5,11H2. The van der Waals surface area contributed by atoms with E-state index in [9.17, 15) is 12.8 Å². The first-order valence-corrected chi connectivity index (χ1v) is 8.74. The normalized spacial score (nSPS) is 18.7. The Kier molecular flexibility index (Phi) is 4.16. The molecule has 2 aromatic rings. The fourth-order valence-corrected chi connectivity index (χ4v) is 4.78. The number of nitriles is 1. The van der Waals surface area contributed by atoms with E-state index in [0.717, 1.165) is 12.0 Å². The van der Waals surface area contributed by atoms with Gasteiger partial charge in [-0.3, -0.25) is 0 Å². The lowest BCUT2D eigenvalue weighted by Gasteiger charge is -2.24. The maximum atomic E-state index is 13.1. The van der Waals surface area contributed by atoms with Gasteiger partial charge in [-0.1, -0.05) is 24.3 Å². The van der Waals surface area contributed by atoms with Crippen LogP contribution in [0.2, 0.25) is 0 Å². The minimum Gasteiger partial charge on any atom is -0.207 e. The van der Waals surface area contributed by atoms with Gasteiger partial charge in [-0.05, 0) is 42.7 Å². The summed E-state index contributed by atoms with van der Waals surface area (Å²) >= 11 is 0. The summed E-state index contributed by atoms with van der Waals surface area (Å²) in [6.45, 7) is 0.393. The van der Waals surface area contributed by atoms with Gasteiger partial charge in [0.15, 0.2) is 0 Å². The van der Waals surface area contributed by atoms with Crippen molar-refractivity contribution in [3.8, 4) is 6.07 Å². The predicted octanol–water partition coefficient (Wildman–Crippen LogP) is 3.22. The Balaban J connectivity index is 2.02. The Morgan fingerprint density at radius 3 is 2.52 bits per heavy atom. The first kappa shape index (κ1) is 15.7. The molecule has 2 aromatic carbocycles. The molecule has 23 heavy (non-hydrogen) atoms. The minimum absolute atomic E-state index is 0.0245. The first-order chi connectivity index (χ1) is 11.0. The summed E-state index contributed by atoms with van der Waals surface area (Å²) in [7, 11) is -3.77. The number of nitrogens with zero attached hydrogens (tertiary/aromatic N) is 2. The number of benzene rings is 2. The van der Waals surface area contributed by atoms with Gasteiger partial charge in [0, 0.05) is 6.54 Å². The van der Waals surface area contributed by atoms with Crippen LogP contribution in [-0.2, 0) is 10.0 Å². The molecular formula is C17H15FN2O2S. The highest BCUT2D eigenvalue weighted by Gasteiger charge is 2.37. The SMILES string of the molecule is N#Cc1ccccc1S(=O)(=O)N1CCCC1c1ccc(F)cc1. The van der Waals surface area contributed by atoms with E-state index in [-0.39, 0.29) is 22.3 Å². The van der Waals surface area contributed by atoms with Gasteiger partial charge in [-0.2, -0.15) is 9.57 Å². The number of rotatable bonds is 3. The predicted molar refractivity (Wildman–Crippen MR) is 83.4 cm³/mol. The van der Waals surface area contributed by atoms with E-state index < -0.39 is 10.0 Å². The van der Waals surface area contributed by atoms with Gasteiger partial charge < -0.3 is 0 Å². The van der Waals surface area contributed by atoms with Gasteiger partial charge in [-0.25, -0.2) is 12.8 Å². The highest BCUT2D eigenvalue weighted by molar-refractivity contribution is 7.89. The number of halogens is 1. The molecule has 1 unspecified atom stereocenters. The second-order valence-corrected chi connectivity index (χ2v) is 7.29. The summed E-state index contributed by atoms with van der Waals surface area (Å²) < 4.78 is 40.4. The summed E-state index contributed by atoms with van der Waals surface area (Å²) in [5.74, 6) is -0.351. The van der Waals surface area contributed by atoms with E-state index in [1.54, 1.807) is 24.3 Å². The quantitative estimate of drug-likeness (QED) is 0.868. The summed E-state index contributed by atoms with van der Waals surface area (Å²) in [4.78, 5) is 0.0245. The smallest absolute Gasteiger partial charge is 0.207 e. The van der Waals surface area contributed by atoms with E-state index in [1.165, 1.54) is 28.6 Å². The third-order valence-corrected chi connectivity index (χ3v) is 6.02. The monoisotopic (exact) mass is 330 g/mol. The van der Waals surface area contributed by atoms with Crippen molar-refractivity contribution >= 4 is 10.0 Å². The molecule has 118 valence electrons. The first-order valence-electron chi connectivity index (χ1n) is 7.30. The van der Waals surface area contributed by atoms with Crippen molar-refractivity contribution < 1.29 is 12.8 Å². The molecule has 1 aliphatic heterocycles. The highest BCUT2D eigenvalue weighted by Crippen LogP contribution is 2.37. The van der Waals surface area contributed by atoms with Crippen LogP contribution in [0.15, 0.2) is 53.4 Å². The third kappa shape index (κ3) is 2.85. The van der Waals surface area contributed by atoms with Crippen LogP contribution in [0.4, 0.5) is 4.39 Å². The van der Waals surface area contributed by atoms with Crippen molar-refractivity contribution in [1.29, 1.82) is 5.26 Å². The van der Waals surface area contributed by atoms with Crippen LogP contribution in [0.25, 0.3) is 0 Å². The van der Waals surface area contributed by atoms with Gasteiger partial charge >= 0.3 is 0 Å². The Hall–Kier alpha value is -2.23. The molecule has 0 saturated carbocycles. The van der Waals surface area contributed by atoms with Gasteiger partial charge in [0.2, 0.25) is 10.0 Å². The van der Waals surface area contributed by atoms with Crippen molar-refractivity contribution in [2.24, 2.45) is 0 Å². The van der Waals surface area contributed by atoms with Crippen molar-refractivity contribution in [1.82, 2.24) is 4.31 Å². The van der Waals surface area contributed by atoms with E-state index >= 15 is 0 Å². The maximum Gasteiger partial charge on any atom is 0.244 e. The van der Waals surface area contributed by atoms with Gasteiger partial charge in [0.25, 0.3) is 0 Å². The summed E-state index contributed by atoms with van der Waals surface area (Å²) in [6, 6.07) is 13.7. The van der Waals surface area contributed by atoms with E-state index in [2.05, 4.69) is 0 Å². The molecule has 6 heteroatoms. The molecule has 1 saturated heterocycles. The molecule has 1 heterocycles. The lowest BCUT2D eigenvalue weighted by molar-refractivity contribution is 0.396. The molecule has 0 aliphatic carbocycles. The molecule has 4 nitrogen and oxygen atoms in total. The Morgan fingerprint density at radius 1 is 1.13 bits per heavy atom. The lowest BCUT2D eigenvalue weighted by Crippen LogP contribution is -2.31. The Labute approximate surface area is 134 Å². The molecule has 0 radical (unpaired) electrons. The Morgan fingerprint density at radius 2 is 1.83 bits per heavy atom. The largest absolute Gasteiger partial charge is 0.244 e. The summed E-state index contributed by atoms with van der Waals surface area (Å²) in [5, 5.41) is 9.16. The highest BCUT2D eigenvalue weighted by atomic mass is 32.2. The molecule has 1 fully saturated rings. The van der Waals surface area contributed by atoms with Crippen LogP contribution in [0, 0.1) is 17.1 Å². The molecule has 0 N–H and O–H groups in total. The molecule has 0 aromatic heterocycles. The average molecular weight is 330 g/mol. The minimum atomic E-state index is -3.77. The lowest BCUT2D eigenvalue weighted by atomic mass is 10.1. The summed E-state index contributed by atoms with van der Waals surface area (Å²) in [5.41, 5.74) is 0.902. The van der Waals surface area contributed by atoms with Crippen LogP contribution in [0.1, 0.15) is 30.0 Å². The van der Waals surface area contributed by atoms with Crippen LogP contribution in [0.5, 0.6) is 0 Å². The van der Waals surface area contributed by atoms with Crippen molar-refractivity contribution in [2.45, 2.75) is 23.8 Å². The van der Waals surface area contributed by atoms with Crippen LogP contribution < -0.4 is 0 Å². The fourth-order valence-electron chi connectivity index (χ4n) is 2.96. The average Bonchev–Trinajstić information content (AvgIpc) is 3.06. The molecule has 1 aliphatic rings. The second-order valence-electron chi connectivity index (χ2n) is 5.43. The molecule has 0 spiro atoms. The van der Waals surface area contributed by atoms with Crippen LogP contribution >= 0.6 is 0 Å². The Bertz CT molecular complexity index is 857. The van der Waals surface area contributed by atoms with Crippen molar-refractivity contribution in [2.75, 3.05) is 6.54 Å². The van der Waals surface area contributed by atoms with Crippen LogP contribution in [-0.4, -0.2) is 19.3 Å². The number of hydrogen-bond donors (Lipinski definition) is 0. The van der Waals surface area contributed by atoms with Crippen LogP contribution in [0.3, 0.4) is 0 Å². The molecule has 0 bridgehead atoms. The van der Waals surface area contributed by atoms with E-state index in [1.807, 2.05) is 6.07 Å². The second kappa shape index (κ2) is 6.11. The number of hydrogen-bond acceptors (Lipinski definition) is 3. The zero-order valence-electron chi connectivity index (χ0n) is 12.3. The van der Waals surface area contributed by atoms with Gasteiger partial charge in [0.1, 0.15) is 11.9 Å². The molecular weight excluding hydrogens is 315 g/mol. The summed E-state index contributed by atoms with van der Waals surface area (Å²) in [6.07, 6.45) is 1.41. The van der Waals surface area contributed by atoms with Crippen molar-refractivity contribution in [3.63, 3.8) is 0 Å². The topological polar surface area (TPSA) is 61.2 Å². The van der Waals surface area contributed by atoms with Crippen molar-refractivity contribution in [3.05, 3.63) is 65.5 Å². The van der Waals surface area contributed by atoms with E-state index in [0.29, 0.717) is 13.0 Å². The molecule has 3 rings (SSSR count). The van der Waals surface area contributed by atoms with Gasteiger partial charge in [-0.15, -0.1) is 0 Å². The molecule has 1 atom stereocenters. The third-order valence-electron chi connectivity index (χ3n) is 4.05. The molecule has 0 amide bonds. The zero-order chi connectivity index (χ0) is 16.4. The fraction of sp³-hybridized carbons (Fsp3) is 0.235.